The largest absolute Gasteiger partial charge is 0.351 e. The van der Waals surface area contributed by atoms with Crippen LogP contribution in [0.25, 0.3) is 0 Å². The van der Waals surface area contributed by atoms with Crippen molar-refractivity contribution in [1.82, 2.24) is 15.2 Å². The Morgan fingerprint density at radius 2 is 1.83 bits per heavy atom. The summed E-state index contributed by atoms with van der Waals surface area (Å²) in [6.45, 7) is 5.68. The number of aliphatic imine (C=N–C) groups is 1. The van der Waals surface area contributed by atoms with Gasteiger partial charge in [-0.25, -0.2) is 0 Å². The molecule has 1 aromatic carbocycles. The fraction of sp³-hybridized carbons (Fsp3) is 0.368. The summed E-state index contributed by atoms with van der Waals surface area (Å²) < 4.78 is 0. The second kappa shape index (κ2) is 8.32. The van der Waals surface area contributed by atoms with Gasteiger partial charge in [0, 0.05) is 26.3 Å². The molecule has 4 nitrogen and oxygen atoms in total. The third-order valence-electron chi connectivity index (χ3n) is 3.80. The zero-order valence-electron chi connectivity index (χ0n) is 14.5. The maximum atomic E-state index is 4.51. The summed E-state index contributed by atoms with van der Waals surface area (Å²) in [5, 5.41) is 3.37. The number of nitrogens with zero attached hydrogens (tertiary/aromatic N) is 3. The predicted molar refractivity (Wildman–Crippen MR) is 96.5 cm³/mol. The Bertz CT molecular complexity index is 647. The smallest absolute Gasteiger partial charge is 0.194 e. The summed E-state index contributed by atoms with van der Waals surface area (Å²) in [6.07, 6.45) is 1.07. The molecule has 122 valence electrons. The third kappa shape index (κ3) is 5.09. The van der Waals surface area contributed by atoms with Gasteiger partial charge in [0.2, 0.25) is 0 Å². The first kappa shape index (κ1) is 17.0. The quantitative estimate of drug-likeness (QED) is 0.681. The van der Waals surface area contributed by atoms with Gasteiger partial charge < -0.3 is 10.2 Å². The van der Waals surface area contributed by atoms with E-state index in [1.165, 1.54) is 11.1 Å². The van der Waals surface area contributed by atoms with Crippen LogP contribution >= 0.6 is 0 Å². The van der Waals surface area contributed by atoms with E-state index in [0.717, 1.165) is 30.3 Å². The molecule has 1 aromatic heterocycles. The van der Waals surface area contributed by atoms with E-state index in [1.807, 2.05) is 39.2 Å². The Kier molecular flexibility index (Phi) is 6.15. The van der Waals surface area contributed by atoms with Crippen LogP contribution in [0.15, 0.2) is 47.5 Å². The van der Waals surface area contributed by atoms with Crippen LogP contribution in [0.2, 0.25) is 0 Å². The Labute approximate surface area is 139 Å². The van der Waals surface area contributed by atoms with Crippen LogP contribution in [0.1, 0.15) is 29.4 Å². The van der Waals surface area contributed by atoms with Crippen molar-refractivity contribution in [2.45, 2.75) is 33.4 Å². The average Bonchev–Trinajstić information content (AvgIpc) is 2.56. The lowest BCUT2D eigenvalue weighted by molar-refractivity contribution is 0.476. The van der Waals surface area contributed by atoms with Crippen LogP contribution < -0.4 is 5.32 Å². The topological polar surface area (TPSA) is 40.5 Å². The first-order chi connectivity index (χ1) is 11.1. The lowest BCUT2D eigenvalue weighted by Crippen LogP contribution is -2.38. The van der Waals surface area contributed by atoms with Gasteiger partial charge in [0.05, 0.1) is 12.2 Å². The van der Waals surface area contributed by atoms with Crippen LogP contribution in [-0.2, 0) is 19.5 Å². The first-order valence-corrected chi connectivity index (χ1v) is 8.04. The van der Waals surface area contributed by atoms with Crippen molar-refractivity contribution in [2.75, 3.05) is 14.1 Å². The van der Waals surface area contributed by atoms with E-state index in [1.54, 1.807) is 0 Å². The molecule has 0 unspecified atom stereocenters. The molecule has 1 N–H and O–H groups in total. The average molecular weight is 310 g/mol. The van der Waals surface area contributed by atoms with Crippen LogP contribution in [0, 0.1) is 6.92 Å². The number of hydrogen-bond acceptors (Lipinski definition) is 2. The maximum absolute atomic E-state index is 4.51. The number of guanidine groups is 1. The lowest BCUT2D eigenvalue weighted by Gasteiger charge is -2.22. The highest BCUT2D eigenvalue weighted by atomic mass is 15.3. The highest BCUT2D eigenvalue weighted by Gasteiger charge is 2.07. The van der Waals surface area contributed by atoms with E-state index >= 15 is 0 Å². The number of hydrogen-bond donors (Lipinski definition) is 1. The molecule has 0 fully saturated rings. The minimum Gasteiger partial charge on any atom is -0.351 e. The summed E-state index contributed by atoms with van der Waals surface area (Å²) in [5.41, 5.74) is 4.70. The van der Waals surface area contributed by atoms with Crippen LogP contribution in [0.5, 0.6) is 0 Å². The van der Waals surface area contributed by atoms with Gasteiger partial charge in [-0.3, -0.25) is 9.98 Å². The number of aromatic nitrogens is 1. The van der Waals surface area contributed by atoms with Gasteiger partial charge in [-0.05, 0) is 36.6 Å². The Hall–Kier alpha value is -2.36. The van der Waals surface area contributed by atoms with Crippen molar-refractivity contribution < 1.29 is 0 Å². The number of pyridine rings is 1. The molecule has 0 saturated carbocycles. The van der Waals surface area contributed by atoms with Gasteiger partial charge in [-0.1, -0.05) is 37.3 Å². The van der Waals surface area contributed by atoms with E-state index in [0.29, 0.717) is 6.54 Å². The summed E-state index contributed by atoms with van der Waals surface area (Å²) in [7, 11) is 3.86. The predicted octanol–water partition coefficient (Wildman–Crippen LogP) is 3.16. The monoisotopic (exact) mass is 310 g/mol. The molecule has 0 aliphatic carbocycles. The summed E-state index contributed by atoms with van der Waals surface area (Å²) >= 11 is 0. The molecule has 4 heteroatoms. The fourth-order valence-electron chi connectivity index (χ4n) is 2.48. The Morgan fingerprint density at radius 1 is 1.13 bits per heavy atom. The zero-order chi connectivity index (χ0) is 16.7. The summed E-state index contributed by atoms with van der Waals surface area (Å²) in [4.78, 5) is 11.0. The van der Waals surface area contributed by atoms with Gasteiger partial charge in [0.1, 0.15) is 0 Å². The van der Waals surface area contributed by atoms with Gasteiger partial charge in [-0.2, -0.15) is 0 Å². The fourth-order valence-corrected chi connectivity index (χ4v) is 2.48. The zero-order valence-corrected chi connectivity index (χ0v) is 14.5. The number of nitrogens with one attached hydrogen (secondary N) is 1. The molecule has 0 aliphatic heterocycles. The molecule has 0 atom stereocenters. The molecule has 23 heavy (non-hydrogen) atoms. The van der Waals surface area contributed by atoms with Crippen molar-refractivity contribution >= 4 is 5.96 Å². The molecule has 0 saturated heterocycles. The van der Waals surface area contributed by atoms with Gasteiger partial charge in [-0.15, -0.1) is 0 Å². The SMILES string of the molecule is CCc1ccc(CN(C)C(=NC)NCc2cccc(C)n2)cc1. The minimum atomic E-state index is 0.674. The van der Waals surface area contributed by atoms with E-state index in [9.17, 15) is 0 Å². The van der Waals surface area contributed by atoms with Crippen LogP contribution in [0.4, 0.5) is 0 Å². The van der Waals surface area contributed by atoms with Crippen LogP contribution in [0.3, 0.4) is 0 Å². The number of rotatable bonds is 5. The van der Waals surface area contributed by atoms with E-state index in [4.69, 9.17) is 0 Å². The van der Waals surface area contributed by atoms with Crippen molar-refractivity contribution in [3.8, 4) is 0 Å². The van der Waals surface area contributed by atoms with Crippen molar-refractivity contribution in [1.29, 1.82) is 0 Å². The van der Waals surface area contributed by atoms with E-state index < -0.39 is 0 Å². The molecule has 2 rings (SSSR count). The molecular weight excluding hydrogens is 284 g/mol. The third-order valence-corrected chi connectivity index (χ3v) is 3.80. The normalized spacial score (nSPS) is 11.4. The van der Waals surface area contributed by atoms with E-state index in [2.05, 4.69) is 51.4 Å². The first-order valence-electron chi connectivity index (χ1n) is 8.04. The number of benzene rings is 1. The maximum Gasteiger partial charge on any atom is 0.194 e. The minimum absolute atomic E-state index is 0.674. The summed E-state index contributed by atoms with van der Waals surface area (Å²) in [6, 6.07) is 14.8. The highest BCUT2D eigenvalue weighted by Crippen LogP contribution is 2.07. The van der Waals surface area contributed by atoms with Gasteiger partial charge >= 0.3 is 0 Å². The Morgan fingerprint density at radius 3 is 2.43 bits per heavy atom. The lowest BCUT2D eigenvalue weighted by atomic mass is 10.1. The molecule has 1 heterocycles. The molecule has 2 aromatic rings. The van der Waals surface area contributed by atoms with Gasteiger partial charge in [0.25, 0.3) is 0 Å². The van der Waals surface area contributed by atoms with Crippen molar-refractivity contribution in [3.05, 3.63) is 65.0 Å². The van der Waals surface area contributed by atoms with Crippen molar-refractivity contribution in [2.24, 2.45) is 4.99 Å². The number of aryl methyl sites for hydroxylation is 2. The second-order valence-corrected chi connectivity index (χ2v) is 5.70. The standard InChI is InChI=1S/C19H26N4/c1-5-16-9-11-17(12-10-16)14-23(4)19(20-3)21-13-18-8-6-7-15(2)22-18/h6-12H,5,13-14H2,1-4H3,(H,20,21). The molecule has 0 amide bonds. The second-order valence-electron chi connectivity index (χ2n) is 5.70. The molecule has 0 spiro atoms. The Balaban J connectivity index is 1.94. The van der Waals surface area contributed by atoms with E-state index in [-0.39, 0.29) is 0 Å². The highest BCUT2D eigenvalue weighted by molar-refractivity contribution is 5.79. The molecule has 0 aliphatic rings. The van der Waals surface area contributed by atoms with Crippen molar-refractivity contribution in [3.63, 3.8) is 0 Å². The molecule has 0 bridgehead atoms. The molecule has 0 radical (unpaired) electrons. The van der Waals surface area contributed by atoms with Gasteiger partial charge in [0.15, 0.2) is 5.96 Å². The molecular formula is C19H26N4. The summed E-state index contributed by atoms with van der Waals surface area (Å²) in [5.74, 6) is 0.868. The van der Waals surface area contributed by atoms with Crippen LogP contribution in [-0.4, -0.2) is 29.9 Å².